The molecule has 1 amide bonds. The standard InChI is InChI=1S/C27H17BrCl2N2O2/c28-20-7-10-22(11-8-20)32-27(33)19(15-31)13-24-23-4-2-1-3-17(23)6-12-26(24)34-16-18-5-9-21(29)14-25(18)30/h1-14H,16H2,(H,32,33)/b19-13+. The Morgan fingerprint density at radius 2 is 1.79 bits per heavy atom. The van der Waals surface area contributed by atoms with Gasteiger partial charge in [0.05, 0.1) is 0 Å². The second kappa shape index (κ2) is 10.8. The molecule has 0 bridgehead atoms. The van der Waals surface area contributed by atoms with E-state index in [1.807, 2.05) is 54.6 Å². The zero-order valence-corrected chi connectivity index (χ0v) is 20.8. The predicted octanol–water partition coefficient (Wildman–Crippen LogP) is 8.03. The molecular weight excluding hydrogens is 535 g/mol. The van der Waals surface area contributed by atoms with Crippen molar-refractivity contribution in [2.75, 3.05) is 5.32 Å². The number of amides is 1. The van der Waals surface area contributed by atoms with E-state index in [1.54, 1.807) is 36.4 Å². The van der Waals surface area contributed by atoms with Crippen molar-refractivity contribution in [1.82, 2.24) is 0 Å². The summed E-state index contributed by atoms with van der Waals surface area (Å²) >= 11 is 15.6. The topological polar surface area (TPSA) is 62.1 Å². The fourth-order valence-electron chi connectivity index (χ4n) is 3.37. The van der Waals surface area contributed by atoms with Gasteiger partial charge < -0.3 is 10.1 Å². The molecule has 0 atom stereocenters. The Labute approximate surface area is 215 Å². The van der Waals surface area contributed by atoms with Crippen LogP contribution in [-0.2, 0) is 11.4 Å². The van der Waals surface area contributed by atoms with E-state index < -0.39 is 5.91 Å². The molecule has 0 aliphatic heterocycles. The summed E-state index contributed by atoms with van der Waals surface area (Å²) in [5.74, 6) is 0.0124. The normalized spacial score (nSPS) is 11.2. The van der Waals surface area contributed by atoms with Crippen molar-refractivity contribution in [1.29, 1.82) is 5.26 Å². The summed E-state index contributed by atoms with van der Waals surface area (Å²) in [4.78, 5) is 12.9. The van der Waals surface area contributed by atoms with E-state index >= 15 is 0 Å². The number of nitriles is 1. The van der Waals surface area contributed by atoms with E-state index in [2.05, 4.69) is 21.2 Å². The summed E-state index contributed by atoms with van der Waals surface area (Å²) in [6.07, 6.45) is 1.55. The molecule has 4 aromatic rings. The Hall–Kier alpha value is -3.30. The van der Waals surface area contributed by atoms with Gasteiger partial charge in [0.15, 0.2) is 0 Å². The highest BCUT2D eigenvalue weighted by atomic mass is 79.9. The van der Waals surface area contributed by atoms with Gasteiger partial charge in [-0.15, -0.1) is 0 Å². The zero-order valence-electron chi connectivity index (χ0n) is 17.7. The molecule has 4 rings (SSSR count). The number of fused-ring (bicyclic) bond motifs is 1. The molecule has 4 nitrogen and oxygen atoms in total. The third-order valence-corrected chi connectivity index (χ3v) is 6.20. The Morgan fingerprint density at radius 3 is 2.53 bits per heavy atom. The fourth-order valence-corrected chi connectivity index (χ4v) is 4.10. The lowest BCUT2D eigenvalue weighted by Gasteiger charge is -2.14. The summed E-state index contributed by atoms with van der Waals surface area (Å²) in [5.41, 5.74) is 1.93. The van der Waals surface area contributed by atoms with Gasteiger partial charge in [0, 0.05) is 31.3 Å². The highest BCUT2D eigenvalue weighted by Gasteiger charge is 2.14. The second-order valence-corrected chi connectivity index (χ2v) is 9.11. The van der Waals surface area contributed by atoms with Gasteiger partial charge in [0.2, 0.25) is 0 Å². The molecule has 0 saturated carbocycles. The molecule has 0 radical (unpaired) electrons. The Morgan fingerprint density at radius 1 is 1.03 bits per heavy atom. The summed E-state index contributed by atoms with van der Waals surface area (Å²) in [5, 5.41) is 15.4. The van der Waals surface area contributed by atoms with Crippen LogP contribution in [-0.4, -0.2) is 5.91 Å². The number of hydrogen-bond donors (Lipinski definition) is 1. The Balaban J connectivity index is 1.70. The summed E-state index contributed by atoms with van der Waals surface area (Å²) in [7, 11) is 0. The van der Waals surface area contributed by atoms with Crippen molar-refractivity contribution in [3.63, 3.8) is 0 Å². The molecule has 168 valence electrons. The lowest BCUT2D eigenvalue weighted by Crippen LogP contribution is -2.13. The number of anilines is 1. The van der Waals surface area contributed by atoms with E-state index in [0.29, 0.717) is 27.0 Å². The number of ether oxygens (including phenoxy) is 1. The van der Waals surface area contributed by atoms with Crippen LogP contribution in [0.1, 0.15) is 11.1 Å². The highest BCUT2D eigenvalue weighted by Crippen LogP contribution is 2.32. The number of nitrogens with one attached hydrogen (secondary N) is 1. The van der Waals surface area contributed by atoms with E-state index in [9.17, 15) is 10.1 Å². The molecular formula is C27H17BrCl2N2O2. The molecule has 0 aliphatic carbocycles. The Bertz CT molecular complexity index is 1440. The zero-order chi connectivity index (χ0) is 24.1. The monoisotopic (exact) mass is 550 g/mol. The van der Waals surface area contributed by atoms with Crippen LogP contribution >= 0.6 is 39.1 Å². The van der Waals surface area contributed by atoms with Gasteiger partial charge in [-0.25, -0.2) is 0 Å². The molecule has 0 saturated heterocycles. The lowest BCUT2D eigenvalue weighted by atomic mass is 10.0. The van der Waals surface area contributed by atoms with Gasteiger partial charge in [-0.2, -0.15) is 5.26 Å². The van der Waals surface area contributed by atoms with Crippen LogP contribution < -0.4 is 10.1 Å². The van der Waals surface area contributed by atoms with Crippen LogP contribution in [0.15, 0.2) is 88.9 Å². The van der Waals surface area contributed by atoms with Gasteiger partial charge in [-0.1, -0.05) is 75.5 Å². The highest BCUT2D eigenvalue weighted by molar-refractivity contribution is 9.10. The second-order valence-electron chi connectivity index (χ2n) is 7.35. The molecule has 0 fully saturated rings. The van der Waals surface area contributed by atoms with E-state index in [-0.39, 0.29) is 12.2 Å². The van der Waals surface area contributed by atoms with Crippen molar-refractivity contribution in [3.05, 3.63) is 110 Å². The van der Waals surface area contributed by atoms with Crippen molar-refractivity contribution in [2.45, 2.75) is 6.61 Å². The first-order chi connectivity index (χ1) is 16.4. The molecule has 0 aromatic heterocycles. The van der Waals surface area contributed by atoms with Gasteiger partial charge in [0.25, 0.3) is 5.91 Å². The van der Waals surface area contributed by atoms with Crippen LogP contribution in [0.25, 0.3) is 16.8 Å². The Kier molecular flexibility index (Phi) is 7.54. The largest absolute Gasteiger partial charge is 0.488 e. The number of benzene rings is 4. The number of halogens is 3. The molecule has 0 aliphatic rings. The minimum atomic E-state index is -0.510. The summed E-state index contributed by atoms with van der Waals surface area (Å²) < 4.78 is 6.98. The smallest absolute Gasteiger partial charge is 0.266 e. The number of carbonyl (C=O) groups excluding carboxylic acids is 1. The molecule has 0 spiro atoms. The minimum Gasteiger partial charge on any atom is -0.488 e. The predicted molar refractivity (Wildman–Crippen MR) is 141 cm³/mol. The van der Waals surface area contributed by atoms with Crippen LogP contribution in [0.3, 0.4) is 0 Å². The first-order valence-electron chi connectivity index (χ1n) is 10.2. The maximum Gasteiger partial charge on any atom is 0.266 e. The number of carbonyl (C=O) groups is 1. The molecule has 0 heterocycles. The van der Waals surface area contributed by atoms with E-state index in [4.69, 9.17) is 27.9 Å². The first-order valence-corrected chi connectivity index (χ1v) is 11.8. The molecule has 34 heavy (non-hydrogen) atoms. The van der Waals surface area contributed by atoms with Crippen LogP contribution in [0.5, 0.6) is 5.75 Å². The van der Waals surface area contributed by atoms with Crippen molar-refractivity contribution in [2.24, 2.45) is 0 Å². The molecule has 4 aromatic carbocycles. The number of rotatable bonds is 6. The third kappa shape index (κ3) is 5.60. The maximum atomic E-state index is 12.9. The van der Waals surface area contributed by atoms with Crippen molar-refractivity contribution < 1.29 is 9.53 Å². The molecule has 7 heteroatoms. The average molecular weight is 552 g/mol. The maximum absolute atomic E-state index is 12.9. The van der Waals surface area contributed by atoms with Gasteiger partial charge in [-0.3, -0.25) is 4.79 Å². The van der Waals surface area contributed by atoms with Gasteiger partial charge >= 0.3 is 0 Å². The lowest BCUT2D eigenvalue weighted by molar-refractivity contribution is -0.112. The van der Waals surface area contributed by atoms with Crippen molar-refractivity contribution in [3.8, 4) is 11.8 Å². The van der Waals surface area contributed by atoms with Crippen LogP contribution in [0.2, 0.25) is 10.0 Å². The quantitative estimate of drug-likeness (QED) is 0.195. The summed E-state index contributed by atoms with van der Waals surface area (Å²) in [6, 6.07) is 25.8. The SMILES string of the molecule is N#C/C(=C\c1c(OCc2ccc(Cl)cc2Cl)ccc2ccccc12)C(=O)Nc1ccc(Br)cc1. The first kappa shape index (κ1) is 23.8. The van der Waals surface area contributed by atoms with Crippen molar-refractivity contribution >= 4 is 67.6 Å². The van der Waals surface area contributed by atoms with Crippen LogP contribution in [0.4, 0.5) is 5.69 Å². The van der Waals surface area contributed by atoms with Gasteiger partial charge in [-0.05, 0) is 59.3 Å². The number of hydrogen-bond acceptors (Lipinski definition) is 3. The van der Waals surface area contributed by atoms with Crippen LogP contribution in [0, 0.1) is 11.3 Å². The molecule has 0 unspecified atom stereocenters. The minimum absolute atomic E-state index is 0.0475. The average Bonchev–Trinajstić information content (AvgIpc) is 2.83. The number of nitrogens with zero attached hydrogens (tertiary/aromatic N) is 1. The third-order valence-electron chi connectivity index (χ3n) is 5.08. The van der Waals surface area contributed by atoms with Gasteiger partial charge in [0.1, 0.15) is 24.0 Å². The van der Waals surface area contributed by atoms with E-state index in [1.165, 1.54) is 0 Å². The summed E-state index contributed by atoms with van der Waals surface area (Å²) in [6.45, 7) is 0.197. The fraction of sp³-hybridized carbons (Fsp3) is 0.0370. The molecule has 1 N–H and O–H groups in total. The van der Waals surface area contributed by atoms with E-state index in [0.717, 1.165) is 20.8 Å².